The van der Waals surface area contributed by atoms with Crippen molar-refractivity contribution in [1.82, 2.24) is 24.9 Å². The van der Waals surface area contributed by atoms with Crippen LogP contribution in [0.5, 0.6) is 0 Å². The molecule has 154 valence electrons. The van der Waals surface area contributed by atoms with Crippen LogP contribution in [-0.4, -0.2) is 36.9 Å². The van der Waals surface area contributed by atoms with E-state index in [2.05, 4.69) is 15.5 Å². The minimum Gasteiger partial charge on any atom is -0.354 e. The van der Waals surface area contributed by atoms with Crippen molar-refractivity contribution in [1.29, 1.82) is 0 Å². The number of amides is 1. The molecule has 0 spiro atoms. The Morgan fingerprint density at radius 2 is 1.86 bits per heavy atom. The number of aromatic nitrogens is 4. The Labute approximate surface area is 162 Å². The number of carbonyl (C=O) groups excluding carboxylic acids is 1. The third-order valence-electron chi connectivity index (χ3n) is 4.09. The van der Waals surface area contributed by atoms with Crippen molar-refractivity contribution in [2.45, 2.75) is 46.5 Å². The second kappa shape index (κ2) is 8.17. The van der Waals surface area contributed by atoms with Gasteiger partial charge in [0.25, 0.3) is 0 Å². The summed E-state index contributed by atoms with van der Waals surface area (Å²) in [7, 11) is 0. The van der Waals surface area contributed by atoms with E-state index in [-0.39, 0.29) is 42.4 Å². The van der Waals surface area contributed by atoms with Gasteiger partial charge in [0, 0.05) is 13.1 Å². The Balaban J connectivity index is 1.89. The molecule has 0 aliphatic rings. The first kappa shape index (κ1) is 21.7. The molecule has 13 heteroatoms. The monoisotopic (exact) mass is 422 g/mol. The second-order valence-electron chi connectivity index (χ2n) is 6.11. The lowest BCUT2D eigenvalue weighted by molar-refractivity contribution is -0.386. The number of rotatable bonds is 7. The molecular formula is C15H18ClF3N6O3. The van der Waals surface area contributed by atoms with Crippen molar-refractivity contribution < 1.29 is 22.9 Å². The van der Waals surface area contributed by atoms with Crippen molar-refractivity contribution in [2.24, 2.45) is 0 Å². The summed E-state index contributed by atoms with van der Waals surface area (Å²) in [5.41, 5.74) is -0.614. The van der Waals surface area contributed by atoms with Gasteiger partial charge in [-0.3, -0.25) is 24.3 Å². The minimum absolute atomic E-state index is 0.132. The van der Waals surface area contributed by atoms with Crippen LogP contribution in [0.3, 0.4) is 0 Å². The van der Waals surface area contributed by atoms with Crippen molar-refractivity contribution in [3.63, 3.8) is 0 Å². The third-order valence-corrected chi connectivity index (χ3v) is 4.54. The Bertz CT molecular complexity index is 906. The molecule has 2 aromatic rings. The van der Waals surface area contributed by atoms with E-state index >= 15 is 0 Å². The van der Waals surface area contributed by atoms with Gasteiger partial charge in [-0.05, 0) is 27.2 Å². The van der Waals surface area contributed by atoms with Gasteiger partial charge in [-0.2, -0.15) is 23.4 Å². The zero-order valence-electron chi connectivity index (χ0n) is 15.3. The SMILES string of the molecule is Cc1nn(CC(=O)NCCCn2nc(C(F)(F)F)c(Cl)c2C)c(C)c1[N+](=O)[O-]. The fourth-order valence-electron chi connectivity index (χ4n) is 2.68. The molecule has 2 rings (SSSR count). The Hall–Kier alpha value is -2.63. The van der Waals surface area contributed by atoms with Crippen LogP contribution in [0.4, 0.5) is 18.9 Å². The number of hydrogen-bond acceptors (Lipinski definition) is 5. The van der Waals surface area contributed by atoms with E-state index in [0.29, 0.717) is 6.42 Å². The average Bonchev–Trinajstić information content (AvgIpc) is 3.01. The number of nitrogens with zero attached hydrogens (tertiary/aromatic N) is 5. The molecule has 1 amide bonds. The molecule has 0 saturated carbocycles. The quantitative estimate of drug-likeness (QED) is 0.419. The third kappa shape index (κ3) is 4.61. The summed E-state index contributed by atoms with van der Waals surface area (Å²) in [5, 5.41) is 20.6. The molecule has 28 heavy (non-hydrogen) atoms. The van der Waals surface area contributed by atoms with Crippen LogP contribution in [0, 0.1) is 30.9 Å². The molecular weight excluding hydrogens is 405 g/mol. The predicted molar refractivity (Wildman–Crippen MR) is 93.0 cm³/mol. The number of alkyl halides is 3. The standard InChI is InChI=1S/C15H18ClF3N6O3/c1-8-13(25(27)28)10(3)24(21-8)7-11(26)20-5-4-6-23-9(2)12(16)14(22-23)15(17,18)19/h4-7H2,1-3H3,(H,20,26). The fourth-order valence-corrected chi connectivity index (χ4v) is 2.92. The van der Waals surface area contributed by atoms with Gasteiger partial charge in [-0.25, -0.2) is 0 Å². The molecule has 0 fully saturated rings. The highest BCUT2D eigenvalue weighted by Crippen LogP contribution is 2.35. The lowest BCUT2D eigenvalue weighted by atomic mass is 10.3. The van der Waals surface area contributed by atoms with Gasteiger partial charge in [0.05, 0.1) is 15.6 Å². The molecule has 2 heterocycles. The number of carbonyl (C=O) groups is 1. The summed E-state index contributed by atoms with van der Waals surface area (Å²) in [6.45, 7) is 4.51. The molecule has 0 radical (unpaired) electrons. The zero-order chi connectivity index (χ0) is 21.2. The smallest absolute Gasteiger partial charge is 0.354 e. The highest BCUT2D eigenvalue weighted by atomic mass is 35.5. The van der Waals surface area contributed by atoms with Crippen molar-refractivity contribution in [3.05, 3.63) is 37.9 Å². The van der Waals surface area contributed by atoms with E-state index in [1.54, 1.807) is 0 Å². The van der Waals surface area contributed by atoms with Gasteiger partial charge in [0.2, 0.25) is 5.91 Å². The lowest BCUT2D eigenvalue weighted by Crippen LogP contribution is -2.29. The molecule has 1 N–H and O–H groups in total. The number of halogens is 4. The van der Waals surface area contributed by atoms with E-state index in [4.69, 9.17) is 11.6 Å². The van der Waals surface area contributed by atoms with Gasteiger partial charge < -0.3 is 5.32 Å². The molecule has 0 atom stereocenters. The van der Waals surface area contributed by atoms with Gasteiger partial charge in [-0.15, -0.1) is 0 Å². The van der Waals surface area contributed by atoms with Crippen molar-refractivity contribution >= 4 is 23.2 Å². The van der Waals surface area contributed by atoms with Gasteiger partial charge in [0.1, 0.15) is 17.9 Å². The van der Waals surface area contributed by atoms with Crippen LogP contribution < -0.4 is 5.32 Å². The first-order chi connectivity index (χ1) is 12.9. The summed E-state index contributed by atoms with van der Waals surface area (Å²) < 4.78 is 40.7. The minimum atomic E-state index is -4.64. The maximum absolute atomic E-state index is 12.8. The van der Waals surface area contributed by atoms with Crippen LogP contribution in [0.25, 0.3) is 0 Å². The Kier molecular flexibility index (Phi) is 6.32. The summed E-state index contributed by atoms with van der Waals surface area (Å²) in [6.07, 6.45) is -4.32. The Morgan fingerprint density at radius 1 is 1.21 bits per heavy atom. The molecule has 2 aromatic heterocycles. The molecule has 9 nitrogen and oxygen atoms in total. The summed E-state index contributed by atoms with van der Waals surface area (Å²) >= 11 is 5.67. The number of nitrogens with one attached hydrogen (secondary N) is 1. The largest absolute Gasteiger partial charge is 0.436 e. The molecule has 0 aromatic carbocycles. The summed E-state index contributed by atoms with van der Waals surface area (Å²) in [4.78, 5) is 22.4. The molecule has 0 aliphatic carbocycles. The van der Waals surface area contributed by atoms with E-state index in [0.717, 1.165) is 4.68 Å². The van der Waals surface area contributed by atoms with Crippen LogP contribution >= 0.6 is 11.6 Å². The normalized spacial score (nSPS) is 11.7. The number of hydrogen-bond donors (Lipinski definition) is 1. The van der Waals surface area contributed by atoms with Crippen LogP contribution in [0.15, 0.2) is 0 Å². The predicted octanol–water partition coefficient (Wildman–Crippen LogP) is 2.79. The number of aryl methyl sites for hydroxylation is 2. The van der Waals surface area contributed by atoms with E-state index < -0.39 is 27.7 Å². The first-order valence-electron chi connectivity index (χ1n) is 8.18. The molecule has 0 unspecified atom stereocenters. The molecule has 0 aliphatic heterocycles. The fraction of sp³-hybridized carbons (Fsp3) is 0.533. The average molecular weight is 423 g/mol. The van der Waals surface area contributed by atoms with Crippen LogP contribution in [0.1, 0.15) is 29.2 Å². The topological polar surface area (TPSA) is 108 Å². The highest BCUT2D eigenvalue weighted by molar-refractivity contribution is 6.31. The van der Waals surface area contributed by atoms with Crippen LogP contribution in [0.2, 0.25) is 5.02 Å². The molecule has 0 bridgehead atoms. The number of nitro groups is 1. The van der Waals surface area contributed by atoms with E-state index in [1.807, 2.05) is 0 Å². The first-order valence-corrected chi connectivity index (χ1v) is 8.56. The van der Waals surface area contributed by atoms with E-state index in [9.17, 15) is 28.1 Å². The van der Waals surface area contributed by atoms with Gasteiger partial charge >= 0.3 is 11.9 Å². The summed E-state index contributed by atoms with van der Waals surface area (Å²) in [5.74, 6) is -0.424. The second-order valence-corrected chi connectivity index (χ2v) is 6.48. The highest BCUT2D eigenvalue weighted by Gasteiger charge is 2.38. The maximum atomic E-state index is 12.8. The maximum Gasteiger partial charge on any atom is 0.436 e. The van der Waals surface area contributed by atoms with Gasteiger partial charge in [-0.1, -0.05) is 11.6 Å². The van der Waals surface area contributed by atoms with Gasteiger partial charge in [0.15, 0.2) is 5.69 Å². The van der Waals surface area contributed by atoms with Crippen molar-refractivity contribution in [2.75, 3.05) is 6.54 Å². The summed E-state index contributed by atoms with van der Waals surface area (Å²) in [6, 6.07) is 0. The zero-order valence-corrected chi connectivity index (χ0v) is 16.1. The lowest BCUT2D eigenvalue weighted by Gasteiger charge is -2.07. The van der Waals surface area contributed by atoms with Crippen molar-refractivity contribution in [3.8, 4) is 0 Å². The molecule has 0 saturated heterocycles. The van der Waals surface area contributed by atoms with Crippen LogP contribution in [-0.2, 0) is 24.1 Å². The Morgan fingerprint density at radius 3 is 2.36 bits per heavy atom. The van der Waals surface area contributed by atoms with E-state index in [1.165, 1.54) is 25.5 Å².